The number of carbonyl (C=O) groups is 1. The summed E-state index contributed by atoms with van der Waals surface area (Å²) in [6.07, 6.45) is 4.25. The normalized spacial score (nSPS) is 24.8. The Morgan fingerprint density at radius 2 is 1.94 bits per heavy atom. The molecule has 0 unspecified atom stereocenters. The lowest BCUT2D eigenvalue weighted by atomic mass is 9.97. The van der Waals surface area contributed by atoms with Crippen LogP contribution >= 0.6 is 12.2 Å². The smallest absolute Gasteiger partial charge is 0.236 e. The molecule has 0 bridgehead atoms. The fourth-order valence-electron chi connectivity index (χ4n) is 2.47. The van der Waals surface area contributed by atoms with Crippen molar-refractivity contribution in [2.75, 3.05) is 20.1 Å². The summed E-state index contributed by atoms with van der Waals surface area (Å²) in [4.78, 5) is 16.6. The summed E-state index contributed by atoms with van der Waals surface area (Å²) in [5.74, 6) is 0.159. The second-order valence-electron chi connectivity index (χ2n) is 5.33. The number of thiocarbonyl (C=S) groups is 1. The van der Waals surface area contributed by atoms with Crippen molar-refractivity contribution in [3.63, 3.8) is 0 Å². The van der Waals surface area contributed by atoms with E-state index < -0.39 is 0 Å². The molecule has 1 aliphatic rings. The van der Waals surface area contributed by atoms with E-state index in [0.29, 0.717) is 36.6 Å². The molecule has 1 saturated heterocycles. The molecule has 104 valence electrons. The number of hydrogen-bond donors (Lipinski definition) is 1. The Morgan fingerprint density at radius 1 is 1.39 bits per heavy atom. The predicted molar refractivity (Wildman–Crippen MR) is 78.5 cm³/mol. The van der Waals surface area contributed by atoms with Gasteiger partial charge < -0.3 is 10.6 Å². The summed E-state index contributed by atoms with van der Waals surface area (Å²) >= 11 is 4.83. The number of nitrogens with two attached hydrogens (primary N) is 1. The van der Waals surface area contributed by atoms with E-state index in [1.54, 1.807) is 4.90 Å². The number of nitrogens with zero attached hydrogens (tertiary/aromatic N) is 2. The third-order valence-corrected chi connectivity index (χ3v) is 4.02. The van der Waals surface area contributed by atoms with E-state index >= 15 is 0 Å². The van der Waals surface area contributed by atoms with Gasteiger partial charge in [-0.15, -0.1) is 0 Å². The Kier molecular flexibility index (Phi) is 6.02. The average molecular weight is 271 g/mol. The summed E-state index contributed by atoms with van der Waals surface area (Å²) in [5.41, 5.74) is 5.45. The zero-order valence-corrected chi connectivity index (χ0v) is 12.5. The minimum Gasteiger partial charge on any atom is -0.393 e. The molecule has 4 nitrogen and oxygen atoms in total. The molecule has 18 heavy (non-hydrogen) atoms. The lowest BCUT2D eigenvalue weighted by molar-refractivity contribution is -0.132. The van der Waals surface area contributed by atoms with Crippen LogP contribution in [-0.2, 0) is 4.79 Å². The SMILES string of the molecule is C[C@@H]1CCC[C@H](C)N1CC(=O)N(C)CCC(N)=S. The summed E-state index contributed by atoms with van der Waals surface area (Å²) in [6.45, 7) is 5.54. The average Bonchev–Trinajstić information content (AvgIpc) is 2.30. The fourth-order valence-corrected chi connectivity index (χ4v) is 2.56. The molecular formula is C13H25N3OS. The van der Waals surface area contributed by atoms with Gasteiger partial charge in [-0.05, 0) is 26.7 Å². The molecule has 0 aromatic heterocycles. The van der Waals surface area contributed by atoms with Crippen LogP contribution in [0.1, 0.15) is 39.5 Å². The first-order chi connectivity index (χ1) is 8.41. The van der Waals surface area contributed by atoms with Gasteiger partial charge in [0.25, 0.3) is 0 Å². The second-order valence-corrected chi connectivity index (χ2v) is 5.86. The molecule has 0 radical (unpaired) electrons. The number of likely N-dealkylation sites (N-methyl/N-ethyl adjacent to an activating group) is 1. The van der Waals surface area contributed by atoms with Gasteiger partial charge in [0.05, 0.1) is 11.5 Å². The van der Waals surface area contributed by atoms with Gasteiger partial charge in [0.15, 0.2) is 0 Å². The van der Waals surface area contributed by atoms with E-state index in [1.165, 1.54) is 19.3 Å². The molecule has 1 rings (SSSR count). The quantitative estimate of drug-likeness (QED) is 0.768. The number of amides is 1. The van der Waals surface area contributed by atoms with Crippen molar-refractivity contribution >= 4 is 23.1 Å². The summed E-state index contributed by atoms with van der Waals surface area (Å²) in [5, 5.41) is 0. The zero-order chi connectivity index (χ0) is 13.7. The van der Waals surface area contributed by atoms with Crippen molar-refractivity contribution in [2.24, 2.45) is 5.73 Å². The maximum Gasteiger partial charge on any atom is 0.236 e. The number of carbonyl (C=O) groups excluding carboxylic acids is 1. The van der Waals surface area contributed by atoms with Gasteiger partial charge >= 0.3 is 0 Å². The second kappa shape index (κ2) is 7.04. The zero-order valence-electron chi connectivity index (χ0n) is 11.7. The topological polar surface area (TPSA) is 49.6 Å². The first-order valence-electron chi connectivity index (χ1n) is 6.69. The fraction of sp³-hybridized carbons (Fsp3) is 0.846. The summed E-state index contributed by atoms with van der Waals surface area (Å²) in [7, 11) is 1.82. The molecule has 5 heteroatoms. The molecule has 1 heterocycles. The molecule has 1 aliphatic heterocycles. The van der Waals surface area contributed by atoms with Crippen LogP contribution in [-0.4, -0.2) is 52.9 Å². The standard InChI is InChI=1S/C13H25N3OS/c1-10-5-4-6-11(2)16(10)9-13(17)15(3)8-7-12(14)18/h10-11H,4-9H2,1-3H3,(H2,14,18)/t10-,11+. The van der Waals surface area contributed by atoms with E-state index in [2.05, 4.69) is 18.7 Å². The number of hydrogen-bond acceptors (Lipinski definition) is 3. The number of likely N-dealkylation sites (tertiary alicyclic amines) is 1. The Balaban J connectivity index is 2.44. The van der Waals surface area contributed by atoms with Crippen LogP contribution in [0.4, 0.5) is 0 Å². The first kappa shape index (κ1) is 15.4. The van der Waals surface area contributed by atoms with Gasteiger partial charge in [-0.3, -0.25) is 9.69 Å². The lowest BCUT2D eigenvalue weighted by Gasteiger charge is -2.39. The van der Waals surface area contributed by atoms with Gasteiger partial charge in [-0.1, -0.05) is 18.6 Å². The molecule has 0 saturated carbocycles. The monoisotopic (exact) mass is 271 g/mol. The van der Waals surface area contributed by atoms with Crippen molar-refractivity contribution < 1.29 is 4.79 Å². The van der Waals surface area contributed by atoms with Gasteiger partial charge in [0.2, 0.25) is 5.91 Å². The molecule has 1 fully saturated rings. The van der Waals surface area contributed by atoms with Gasteiger partial charge in [0.1, 0.15) is 0 Å². The van der Waals surface area contributed by atoms with Gasteiger partial charge in [-0.2, -0.15) is 0 Å². The van der Waals surface area contributed by atoms with Crippen LogP contribution in [0.5, 0.6) is 0 Å². The minimum atomic E-state index is 0.159. The van der Waals surface area contributed by atoms with E-state index in [-0.39, 0.29) is 5.91 Å². The Morgan fingerprint density at radius 3 is 2.44 bits per heavy atom. The Hall–Kier alpha value is -0.680. The summed E-state index contributed by atoms with van der Waals surface area (Å²) < 4.78 is 0. The molecule has 0 aromatic rings. The maximum atomic E-state index is 12.1. The van der Waals surface area contributed by atoms with E-state index in [9.17, 15) is 4.79 Å². The van der Waals surface area contributed by atoms with Gasteiger partial charge in [-0.25, -0.2) is 0 Å². The van der Waals surface area contributed by atoms with E-state index in [0.717, 1.165) is 0 Å². The van der Waals surface area contributed by atoms with Gasteiger partial charge in [0, 0.05) is 32.1 Å². The van der Waals surface area contributed by atoms with Crippen molar-refractivity contribution in [1.82, 2.24) is 9.80 Å². The highest BCUT2D eigenvalue weighted by atomic mass is 32.1. The van der Waals surface area contributed by atoms with Crippen LogP contribution in [0.2, 0.25) is 0 Å². The van der Waals surface area contributed by atoms with Crippen molar-refractivity contribution in [1.29, 1.82) is 0 Å². The highest BCUT2D eigenvalue weighted by molar-refractivity contribution is 7.80. The van der Waals surface area contributed by atoms with Crippen molar-refractivity contribution in [3.8, 4) is 0 Å². The van der Waals surface area contributed by atoms with Crippen LogP contribution in [0.25, 0.3) is 0 Å². The predicted octanol–water partition coefficient (Wildman–Crippen LogP) is 1.38. The van der Waals surface area contributed by atoms with Crippen molar-refractivity contribution in [2.45, 2.75) is 51.6 Å². The minimum absolute atomic E-state index is 0.159. The number of piperidine rings is 1. The molecule has 0 spiro atoms. The maximum absolute atomic E-state index is 12.1. The third-order valence-electron chi connectivity index (χ3n) is 3.81. The molecule has 0 aromatic carbocycles. The van der Waals surface area contributed by atoms with E-state index in [1.807, 2.05) is 7.05 Å². The highest BCUT2D eigenvalue weighted by Gasteiger charge is 2.27. The third kappa shape index (κ3) is 4.53. The van der Waals surface area contributed by atoms with Crippen LogP contribution in [0, 0.1) is 0 Å². The molecule has 0 aliphatic carbocycles. The van der Waals surface area contributed by atoms with Crippen LogP contribution in [0.3, 0.4) is 0 Å². The number of rotatable bonds is 5. The first-order valence-corrected chi connectivity index (χ1v) is 7.10. The van der Waals surface area contributed by atoms with Crippen molar-refractivity contribution in [3.05, 3.63) is 0 Å². The highest BCUT2D eigenvalue weighted by Crippen LogP contribution is 2.22. The summed E-state index contributed by atoms with van der Waals surface area (Å²) in [6, 6.07) is 1.00. The largest absolute Gasteiger partial charge is 0.393 e. The van der Waals surface area contributed by atoms with E-state index in [4.69, 9.17) is 18.0 Å². The van der Waals surface area contributed by atoms with Crippen LogP contribution in [0.15, 0.2) is 0 Å². The molecule has 2 atom stereocenters. The Labute approximate surface area is 115 Å². The Bertz CT molecular complexity index is 299. The van der Waals surface area contributed by atoms with Crippen LogP contribution < -0.4 is 5.73 Å². The molecular weight excluding hydrogens is 246 g/mol. The molecule has 1 amide bonds. The lowest BCUT2D eigenvalue weighted by Crippen LogP contribution is -2.49. The molecule has 2 N–H and O–H groups in total.